The van der Waals surface area contributed by atoms with Gasteiger partial charge in [0, 0.05) is 55.2 Å². The number of piperidine rings is 1. The Balaban J connectivity index is 1.30. The Labute approximate surface area is 222 Å². The number of hydrogen-bond donors (Lipinski definition) is 1. The number of piperazine rings is 1. The van der Waals surface area contributed by atoms with Gasteiger partial charge in [0.25, 0.3) is 5.91 Å². The summed E-state index contributed by atoms with van der Waals surface area (Å²) < 4.78 is 6.56. The van der Waals surface area contributed by atoms with Crippen molar-refractivity contribution in [2.24, 2.45) is 5.92 Å². The summed E-state index contributed by atoms with van der Waals surface area (Å²) in [4.78, 5) is 35.1. The number of thiophene rings is 1. The van der Waals surface area contributed by atoms with Crippen LogP contribution in [0.3, 0.4) is 0 Å². The van der Waals surface area contributed by atoms with Gasteiger partial charge in [0.1, 0.15) is 5.54 Å². The number of nitrogens with one attached hydrogen (secondary N) is 1. The fraction of sp³-hybridized carbons (Fsp3) is 0.630. The second-order valence-electron chi connectivity index (χ2n) is 10.7. The lowest BCUT2D eigenvalue weighted by atomic mass is 9.78. The molecule has 3 fully saturated rings. The zero-order valence-electron chi connectivity index (χ0n) is 21.3. The maximum atomic E-state index is 14.1. The first-order chi connectivity index (χ1) is 17.3. The molecular weight excluding hydrogens is 496 g/mol. The van der Waals surface area contributed by atoms with Crippen molar-refractivity contribution < 1.29 is 14.3 Å². The topological polar surface area (TPSA) is 65.1 Å². The average Bonchev–Trinajstić information content (AvgIpc) is 3.33. The number of halogens is 1. The lowest BCUT2D eigenvalue weighted by Crippen LogP contribution is -2.65. The van der Waals surface area contributed by atoms with Crippen molar-refractivity contribution in [2.45, 2.75) is 44.2 Å². The van der Waals surface area contributed by atoms with Gasteiger partial charge in [0.15, 0.2) is 0 Å². The van der Waals surface area contributed by atoms with Gasteiger partial charge in [-0.05, 0) is 82.2 Å². The summed E-state index contributed by atoms with van der Waals surface area (Å²) in [5.41, 5.74) is -0.968. The van der Waals surface area contributed by atoms with Crippen molar-refractivity contribution in [1.82, 2.24) is 20.0 Å². The third kappa shape index (κ3) is 5.43. The standard InChI is InChI=1S/C27H37ClN4O3S/c1-27(20-7-15-35-16-8-20,29-25(33)24-17-19-3-4-21(28)18-23(19)36-24)26(34)32-13-11-31(12-14-32)22-5-9-30(2)10-6-22/h3-4,17-18,20,22H,5-16H2,1-2H3,(H,29,33)/t27-/m1/s1. The van der Waals surface area contributed by atoms with Crippen LogP contribution < -0.4 is 5.32 Å². The summed E-state index contributed by atoms with van der Waals surface area (Å²) in [6.45, 7) is 8.66. The molecule has 0 radical (unpaired) electrons. The molecule has 1 N–H and O–H groups in total. The highest BCUT2D eigenvalue weighted by atomic mass is 35.5. The number of carbonyl (C=O) groups excluding carboxylic acids is 2. The highest BCUT2D eigenvalue weighted by molar-refractivity contribution is 7.20. The lowest BCUT2D eigenvalue weighted by Gasteiger charge is -2.46. The number of rotatable bonds is 5. The van der Waals surface area contributed by atoms with Crippen LogP contribution in [0.2, 0.25) is 5.02 Å². The summed E-state index contributed by atoms with van der Waals surface area (Å²) in [6.07, 6.45) is 3.92. The molecule has 2 aromatic rings. The first-order valence-electron chi connectivity index (χ1n) is 13.1. The van der Waals surface area contributed by atoms with Crippen LogP contribution >= 0.6 is 22.9 Å². The van der Waals surface area contributed by atoms with Crippen molar-refractivity contribution in [3.05, 3.63) is 34.2 Å². The highest BCUT2D eigenvalue weighted by Crippen LogP contribution is 2.33. The summed E-state index contributed by atoms with van der Waals surface area (Å²) in [6, 6.07) is 8.14. The minimum atomic E-state index is -0.968. The predicted molar refractivity (Wildman–Crippen MR) is 145 cm³/mol. The molecule has 1 aromatic carbocycles. The molecule has 3 aliphatic heterocycles. The number of likely N-dealkylation sites (tertiary alicyclic amines) is 1. The summed E-state index contributed by atoms with van der Waals surface area (Å²) in [5, 5.41) is 4.84. The molecule has 0 bridgehead atoms. The van der Waals surface area contributed by atoms with Crippen LogP contribution in [0.15, 0.2) is 24.3 Å². The number of benzene rings is 1. The summed E-state index contributed by atoms with van der Waals surface area (Å²) in [5.74, 6) is -0.118. The molecule has 0 spiro atoms. The normalized spacial score (nSPS) is 23.0. The smallest absolute Gasteiger partial charge is 0.262 e. The van der Waals surface area contributed by atoms with Crippen molar-refractivity contribution in [2.75, 3.05) is 59.5 Å². The van der Waals surface area contributed by atoms with Gasteiger partial charge in [-0.15, -0.1) is 11.3 Å². The molecule has 3 aliphatic rings. The van der Waals surface area contributed by atoms with Crippen LogP contribution in [0.1, 0.15) is 42.3 Å². The van der Waals surface area contributed by atoms with E-state index in [4.69, 9.17) is 16.3 Å². The molecule has 3 saturated heterocycles. The minimum Gasteiger partial charge on any atom is -0.381 e. The predicted octanol–water partition coefficient (Wildman–Crippen LogP) is 3.71. The number of amides is 2. The van der Waals surface area contributed by atoms with E-state index in [0.717, 1.165) is 49.1 Å². The van der Waals surface area contributed by atoms with E-state index >= 15 is 0 Å². The van der Waals surface area contributed by atoms with E-state index in [1.807, 2.05) is 36.1 Å². The molecule has 1 aromatic heterocycles. The number of ether oxygens (including phenoxy) is 1. The van der Waals surface area contributed by atoms with Crippen LogP contribution in [0, 0.1) is 5.92 Å². The summed E-state index contributed by atoms with van der Waals surface area (Å²) in [7, 11) is 2.19. The third-order valence-corrected chi connectivity index (χ3v) is 9.70. The Bertz CT molecular complexity index is 1090. The van der Waals surface area contributed by atoms with E-state index in [0.29, 0.717) is 42.2 Å². The highest BCUT2D eigenvalue weighted by Gasteiger charge is 2.46. The maximum Gasteiger partial charge on any atom is 0.262 e. The largest absolute Gasteiger partial charge is 0.381 e. The van der Waals surface area contributed by atoms with Gasteiger partial charge >= 0.3 is 0 Å². The van der Waals surface area contributed by atoms with Gasteiger partial charge < -0.3 is 19.9 Å². The van der Waals surface area contributed by atoms with Gasteiger partial charge in [-0.3, -0.25) is 14.5 Å². The quantitative estimate of drug-likeness (QED) is 0.636. The molecule has 0 saturated carbocycles. The fourth-order valence-corrected chi connectivity index (χ4v) is 7.23. The number of nitrogens with zero attached hydrogens (tertiary/aromatic N) is 3. The van der Waals surface area contributed by atoms with Crippen molar-refractivity contribution >= 4 is 44.8 Å². The van der Waals surface area contributed by atoms with Crippen LogP contribution in [-0.2, 0) is 9.53 Å². The molecule has 4 heterocycles. The van der Waals surface area contributed by atoms with Gasteiger partial charge in [0.05, 0.1) is 4.88 Å². The van der Waals surface area contributed by atoms with Crippen molar-refractivity contribution in [3.63, 3.8) is 0 Å². The Morgan fingerprint density at radius 3 is 2.42 bits per heavy atom. The molecule has 9 heteroatoms. The third-order valence-electron chi connectivity index (χ3n) is 8.37. The van der Waals surface area contributed by atoms with Crippen LogP contribution in [0.4, 0.5) is 0 Å². The van der Waals surface area contributed by atoms with E-state index in [1.54, 1.807) is 0 Å². The van der Waals surface area contributed by atoms with E-state index in [1.165, 1.54) is 24.2 Å². The van der Waals surface area contributed by atoms with E-state index in [2.05, 4.69) is 22.2 Å². The number of carbonyl (C=O) groups is 2. The zero-order valence-corrected chi connectivity index (χ0v) is 22.9. The maximum absolute atomic E-state index is 14.1. The molecule has 0 unspecified atom stereocenters. The molecule has 7 nitrogen and oxygen atoms in total. The van der Waals surface area contributed by atoms with E-state index in [-0.39, 0.29) is 17.7 Å². The molecular formula is C27H37ClN4O3S. The van der Waals surface area contributed by atoms with Crippen LogP contribution in [0.5, 0.6) is 0 Å². The SMILES string of the molecule is CN1CCC(N2CCN(C(=O)[C@](C)(NC(=O)c3cc4ccc(Cl)cc4s3)C3CCOCC3)CC2)CC1. The molecule has 5 rings (SSSR count). The average molecular weight is 533 g/mol. The Hall–Kier alpha value is -1.71. The number of hydrogen-bond acceptors (Lipinski definition) is 6. The Morgan fingerprint density at radius 2 is 1.72 bits per heavy atom. The molecule has 1 atom stereocenters. The first kappa shape index (κ1) is 25.9. The van der Waals surface area contributed by atoms with Gasteiger partial charge in [0.2, 0.25) is 5.91 Å². The summed E-state index contributed by atoms with van der Waals surface area (Å²) >= 11 is 7.56. The van der Waals surface area contributed by atoms with Crippen LogP contribution in [0.25, 0.3) is 10.1 Å². The van der Waals surface area contributed by atoms with Gasteiger partial charge in [-0.25, -0.2) is 0 Å². The molecule has 36 heavy (non-hydrogen) atoms. The first-order valence-corrected chi connectivity index (χ1v) is 14.3. The number of fused-ring (bicyclic) bond motifs is 1. The minimum absolute atomic E-state index is 0.0370. The van der Waals surface area contributed by atoms with Crippen LogP contribution in [-0.4, -0.2) is 97.6 Å². The molecule has 196 valence electrons. The van der Waals surface area contributed by atoms with E-state index < -0.39 is 5.54 Å². The lowest BCUT2D eigenvalue weighted by molar-refractivity contribution is -0.143. The second kappa shape index (κ2) is 11.0. The molecule has 0 aliphatic carbocycles. The van der Waals surface area contributed by atoms with Gasteiger partial charge in [-0.1, -0.05) is 17.7 Å². The fourth-order valence-electron chi connectivity index (χ4n) is 6.00. The zero-order chi connectivity index (χ0) is 25.3. The Kier molecular flexibility index (Phi) is 7.89. The van der Waals surface area contributed by atoms with Crippen molar-refractivity contribution in [3.8, 4) is 0 Å². The molecule has 2 amide bonds. The van der Waals surface area contributed by atoms with Gasteiger partial charge in [-0.2, -0.15) is 0 Å². The Morgan fingerprint density at radius 1 is 1.03 bits per heavy atom. The second-order valence-corrected chi connectivity index (χ2v) is 12.2. The van der Waals surface area contributed by atoms with E-state index in [9.17, 15) is 9.59 Å². The monoisotopic (exact) mass is 532 g/mol. The van der Waals surface area contributed by atoms with Crippen molar-refractivity contribution in [1.29, 1.82) is 0 Å².